The van der Waals surface area contributed by atoms with Gasteiger partial charge in [0.15, 0.2) is 17.3 Å². The van der Waals surface area contributed by atoms with Crippen LogP contribution in [0, 0.1) is 35.0 Å². The Labute approximate surface area is 677 Å². The van der Waals surface area contributed by atoms with Crippen LogP contribution < -0.4 is 52.4 Å². The minimum Gasteiger partial charge on any atom is -0.493 e. The number of amides is 14. The zero-order chi connectivity index (χ0) is 85.3. The highest BCUT2D eigenvalue weighted by atomic mass is 32.2. The number of nitrogens with zero attached hydrogens (tertiary/aromatic N) is 5. The molecule has 1 aliphatic carbocycles. The fourth-order valence-corrected chi connectivity index (χ4v) is 16.2. The molecule has 1 saturated carbocycles. The number of Topliss-reactive ketones (excluding diaryl/α,β-unsaturated/α-hetero) is 1. The van der Waals surface area contributed by atoms with Crippen LogP contribution in [0.2, 0.25) is 0 Å². The van der Waals surface area contributed by atoms with E-state index >= 15 is 4.79 Å². The van der Waals surface area contributed by atoms with E-state index in [2.05, 4.69) is 37.2 Å². The average Bonchev–Trinajstić information content (AvgIpc) is 1.28. The summed E-state index contributed by atoms with van der Waals surface area (Å²) in [6, 6.07) is 4.12. The molecule has 3 heterocycles. The number of ether oxygens (including phenoxy) is 5. The van der Waals surface area contributed by atoms with Gasteiger partial charge in [-0.15, -0.1) is 16.8 Å². The fraction of sp³-hybridized carbons (Fsp3) is 0.662. The lowest BCUT2D eigenvalue weighted by Crippen LogP contribution is -2.59. The number of benzene rings is 2. The molecule has 14 amide bonds. The number of imide groups is 2. The monoisotopic (exact) mass is 1630 g/mol. The molecule has 6 rings (SSSR count). The molecule has 0 bridgehead atoms. The number of nitrogens with two attached hydrogens (primary N) is 1. The number of hydrogen-bond acceptors (Lipinski definition) is 23. The van der Waals surface area contributed by atoms with Crippen LogP contribution in [-0.4, -0.2) is 255 Å². The molecule has 3 aliphatic heterocycles. The molecule has 638 valence electrons. The van der Waals surface area contributed by atoms with Crippen molar-refractivity contribution in [3.05, 3.63) is 53.6 Å². The predicted octanol–water partition coefficient (Wildman–Crippen LogP) is 4.77. The maximum Gasteiger partial charge on any atom is 0.407 e. The van der Waals surface area contributed by atoms with Gasteiger partial charge in [0, 0.05) is 83.6 Å². The van der Waals surface area contributed by atoms with Crippen LogP contribution in [0.4, 0.5) is 15.3 Å². The number of thioether (sulfide) groups is 1. The first-order valence-electron chi connectivity index (χ1n) is 39.5. The summed E-state index contributed by atoms with van der Waals surface area (Å²) < 4.78 is 28.6. The Morgan fingerprint density at radius 2 is 1.37 bits per heavy atom. The van der Waals surface area contributed by atoms with E-state index in [-0.39, 0.29) is 131 Å². The maximum absolute atomic E-state index is 15.2. The van der Waals surface area contributed by atoms with E-state index in [1.54, 1.807) is 88.1 Å². The summed E-state index contributed by atoms with van der Waals surface area (Å²) in [6.07, 6.45) is 0.408. The highest BCUT2D eigenvalue weighted by Crippen LogP contribution is 2.52. The van der Waals surface area contributed by atoms with Crippen molar-refractivity contribution in [3.8, 4) is 11.5 Å². The van der Waals surface area contributed by atoms with Crippen LogP contribution >= 0.6 is 11.8 Å². The number of unbranched alkanes of at least 4 members (excludes halogenated alkanes) is 2. The molecule has 2 aromatic carbocycles. The Kier molecular flexibility index (Phi) is 36.6. The standard InChI is InChI=1S/C80H121N13O21S/c1-17-48(8)70(90(12)77(106)68(46(4)5)88-75(104)69(47(6)7)89(10)11)59(111-15)38-64(98)92-42-53(37-55(92)71(112-16)49(9)72(101)83-41-56(94)51-26-29-57(109-13)58(36-51)110-14)85-79(108)113-43-50-24-27-52(28-25-50)84-73(102)54(22-21-34-82-78(81)107)86-74(103)67(45(2)3)87-61(95)23-19-18-20-35-91-65(99)39-60(76(91)105)115-44-80(32-33-80)40-66(100)114-93-62(96)30-31-63(93)97/h24-29,36,45-49,53-55,59-60,67-71H,17-23,30-35,37-44H2,1-16H3,(H,83,101)(H,84,102)(H,85,108)(H,86,103)(H,87,95)(H,88,104)(H3,81,82,107)/t48-,49+,53-,54?,55-,59+,60?,67-,68-,69-,70?,71+/m0/s1. The molecule has 3 saturated heterocycles. The van der Waals surface area contributed by atoms with Gasteiger partial charge in [0.25, 0.3) is 11.8 Å². The topological polar surface area (TPSA) is 438 Å². The third kappa shape index (κ3) is 27.1. The van der Waals surface area contributed by atoms with E-state index in [9.17, 15) is 67.1 Å². The number of likely N-dealkylation sites (N-methyl/N-ethyl adjacent to an activating group) is 2. The highest BCUT2D eigenvalue weighted by molar-refractivity contribution is 8.00. The molecule has 9 N–H and O–H groups in total. The van der Waals surface area contributed by atoms with E-state index < -0.39 is 149 Å². The number of hydroxylamine groups is 2. The van der Waals surface area contributed by atoms with E-state index in [4.69, 9.17) is 34.3 Å². The van der Waals surface area contributed by atoms with Gasteiger partial charge in [0.05, 0.1) is 81.1 Å². The quantitative estimate of drug-likeness (QED) is 0.0251. The van der Waals surface area contributed by atoms with Gasteiger partial charge in [-0.1, -0.05) is 87.3 Å². The number of ketones is 1. The van der Waals surface area contributed by atoms with Gasteiger partial charge in [-0.2, -0.15) is 0 Å². The highest BCUT2D eigenvalue weighted by Gasteiger charge is 2.50. The second-order valence-electron chi connectivity index (χ2n) is 31.5. The second-order valence-corrected chi connectivity index (χ2v) is 32.7. The third-order valence-electron chi connectivity index (χ3n) is 21.7. The number of rotatable bonds is 47. The lowest BCUT2D eigenvalue weighted by molar-refractivity contribution is -0.198. The van der Waals surface area contributed by atoms with Gasteiger partial charge >= 0.3 is 18.1 Å². The van der Waals surface area contributed by atoms with Crippen molar-refractivity contribution in [2.24, 2.45) is 40.7 Å². The number of alkyl carbamates (subject to hydrolysis) is 1. The van der Waals surface area contributed by atoms with Crippen molar-refractivity contribution in [1.82, 2.24) is 56.6 Å². The molecule has 0 radical (unpaired) electrons. The molecule has 3 unspecified atom stereocenters. The summed E-state index contributed by atoms with van der Waals surface area (Å²) in [6.45, 7) is 16.0. The first kappa shape index (κ1) is 94.4. The SMILES string of the molecule is CC[C@H](C)C([C@@H](CC(=O)N1C[C@@H](NC(=O)OCc2ccc(NC(=O)C(CCCNC(N)=O)NC(=O)[C@@H](NC(=O)CCCCCN3C(=O)CC(SCC4(CC(=O)ON5C(=O)CCC5=O)CC4)C3=O)C(C)C)cc2)C[C@H]1[C@H](OC)[C@@H](C)C(=O)NCC(=O)c1ccc(OC)c(OC)c1)OC)N(C)C(=O)[C@@H](NC(=O)[C@H](C(C)C)N(C)C)C(C)C. The van der Waals surface area contributed by atoms with Gasteiger partial charge in [0.2, 0.25) is 53.2 Å². The van der Waals surface area contributed by atoms with E-state index in [1.165, 1.54) is 56.1 Å². The molecule has 0 aromatic heterocycles. The molecule has 0 spiro atoms. The summed E-state index contributed by atoms with van der Waals surface area (Å²) in [5.41, 5.74) is 5.88. The predicted molar refractivity (Wildman–Crippen MR) is 425 cm³/mol. The Morgan fingerprint density at radius 3 is 1.96 bits per heavy atom. The molecular weight excluding hydrogens is 1510 g/mol. The Bertz CT molecular complexity index is 3740. The average molecular weight is 1630 g/mol. The number of anilines is 1. The van der Waals surface area contributed by atoms with Crippen molar-refractivity contribution in [2.45, 2.75) is 225 Å². The van der Waals surface area contributed by atoms with Crippen LogP contribution in [0.15, 0.2) is 42.5 Å². The van der Waals surface area contributed by atoms with Crippen molar-refractivity contribution < 1.29 is 100 Å². The van der Waals surface area contributed by atoms with Crippen LogP contribution in [-0.2, 0) is 83.2 Å². The summed E-state index contributed by atoms with van der Waals surface area (Å²) >= 11 is 1.29. The van der Waals surface area contributed by atoms with Crippen LogP contribution in [0.1, 0.15) is 175 Å². The van der Waals surface area contributed by atoms with Crippen LogP contribution in [0.3, 0.4) is 0 Å². The number of methoxy groups -OCH3 is 4. The molecule has 12 atom stereocenters. The molecule has 4 fully saturated rings. The van der Waals surface area contributed by atoms with Gasteiger partial charge in [-0.25, -0.2) is 14.4 Å². The number of nitrogens with one attached hydrogen (secondary N) is 7. The van der Waals surface area contributed by atoms with Crippen molar-refractivity contribution >= 4 is 106 Å². The van der Waals surface area contributed by atoms with E-state index in [0.29, 0.717) is 72.1 Å². The van der Waals surface area contributed by atoms with Crippen LogP contribution in [0.25, 0.3) is 0 Å². The molecule has 35 heteroatoms. The molecular formula is C80H121N13O21S. The van der Waals surface area contributed by atoms with Crippen molar-refractivity contribution in [3.63, 3.8) is 0 Å². The van der Waals surface area contributed by atoms with E-state index in [0.717, 1.165) is 0 Å². The van der Waals surface area contributed by atoms with Gasteiger partial charge < -0.3 is 81.3 Å². The Balaban J connectivity index is 1.06. The zero-order valence-corrected chi connectivity index (χ0v) is 70.2. The van der Waals surface area contributed by atoms with Crippen molar-refractivity contribution in [1.29, 1.82) is 0 Å². The Morgan fingerprint density at radius 1 is 0.713 bits per heavy atom. The lowest BCUT2D eigenvalue weighted by Gasteiger charge is -2.41. The number of carbonyl (C=O) groups is 15. The molecule has 34 nitrogen and oxygen atoms in total. The van der Waals surface area contributed by atoms with Gasteiger partial charge in [0.1, 0.15) is 24.7 Å². The summed E-state index contributed by atoms with van der Waals surface area (Å²) in [7, 11) is 11.0. The first-order valence-corrected chi connectivity index (χ1v) is 40.6. The largest absolute Gasteiger partial charge is 0.493 e. The zero-order valence-electron chi connectivity index (χ0n) is 69.3. The Hall–Kier alpha value is -9.48. The smallest absolute Gasteiger partial charge is 0.407 e. The summed E-state index contributed by atoms with van der Waals surface area (Å²) in [5.74, 6) is -7.27. The maximum atomic E-state index is 15.2. The number of urea groups is 1. The van der Waals surface area contributed by atoms with E-state index in [1.807, 2.05) is 41.5 Å². The number of carbonyl (C=O) groups excluding carboxylic acids is 15. The first-order chi connectivity index (χ1) is 54.4. The minimum atomic E-state index is -1.18. The molecule has 115 heavy (non-hydrogen) atoms. The third-order valence-corrected chi connectivity index (χ3v) is 23.2. The fourth-order valence-electron chi connectivity index (χ4n) is 14.8. The number of hydrogen-bond donors (Lipinski definition) is 8. The van der Waals surface area contributed by atoms with Crippen molar-refractivity contribution in [2.75, 3.05) is 86.8 Å². The molecule has 4 aliphatic rings. The number of likely N-dealkylation sites (tertiary alicyclic amines) is 2. The minimum absolute atomic E-state index is 0.00112. The summed E-state index contributed by atoms with van der Waals surface area (Å²) in [5, 5.41) is 19.3. The molecule has 2 aromatic rings. The second kappa shape index (κ2) is 44.6. The van der Waals surface area contributed by atoms with Gasteiger partial charge in [-0.3, -0.25) is 67.3 Å². The normalized spacial score (nSPS) is 18.9. The lowest BCUT2D eigenvalue weighted by atomic mass is 9.89. The summed E-state index contributed by atoms with van der Waals surface area (Å²) in [4.78, 5) is 212. The van der Waals surface area contributed by atoms with Gasteiger partial charge in [-0.05, 0) is 124 Å². The van der Waals surface area contributed by atoms with Crippen LogP contribution in [0.5, 0.6) is 11.5 Å². The number of primary amides is 1.